The Labute approximate surface area is 70.2 Å². The van der Waals surface area contributed by atoms with E-state index in [1.54, 1.807) is 6.07 Å². The van der Waals surface area contributed by atoms with Crippen LogP contribution in [0.15, 0.2) is 5.28 Å². The predicted molar refractivity (Wildman–Crippen MR) is 38.4 cm³/mol. The van der Waals surface area contributed by atoms with Crippen LogP contribution in [0.25, 0.3) is 0 Å². The molecule has 0 atom stereocenters. The van der Waals surface area contributed by atoms with E-state index < -0.39 is 0 Å². The van der Waals surface area contributed by atoms with Crippen LogP contribution in [-0.2, 0) is 4.84 Å². The second-order valence-corrected chi connectivity index (χ2v) is 2.43. The van der Waals surface area contributed by atoms with Crippen LogP contribution in [0.1, 0.15) is 12.8 Å². The Morgan fingerprint density at radius 2 is 2.25 bits per heavy atom. The Hall–Kier alpha value is -1.51. The van der Waals surface area contributed by atoms with Crippen molar-refractivity contribution in [1.29, 1.82) is 5.26 Å². The minimum Gasteiger partial charge on any atom is -0.569 e. The first-order chi connectivity index (χ1) is 5.84. The van der Waals surface area contributed by atoms with Crippen molar-refractivity contribution < 1.29 is 9.81 Å². The topological polar surface area (TPSA) is 74.7 Å². The molecule has 1 heterocycles. The van der Waals surface area contributed by atoms with Crippen molar-refractivity contribution in [1.82, 2.24) is 5.01 Å². The summed E-state index contributed by atoms with van der Waals surface area (Å²) in [5.74, 6) is 0. The van der Waals surface area contributed by atoms with Crippen molar-refractivity contribution in [2.24, 2.45) is 5.28 Å². The molecule has 0 N–H and O–H groups in total. The molecule has 0 amide bonds. The third-order valence-electron chi connectivity index (χ3n) is 1.58. The molecule has 0 aromatic carbocycles. The third kappa shape index (κ3) is 2.27. The van der Waals surface area contributed by atoms with Crippen LogP contribution in [-0.4, -0.2) is 29.7 Å². The molecule has 0 aromatic rings. The van der Waals surface area contributed by atoms with Gasteiger partial charge in [-0.25, -0.2) is 0 Å². The highest BCUT2D eigenvalue weighted by atomic mass is 16.7. The van der Waals surface area contributed by atoms with Gasteiger partial charge in [-0.1, -0.05) is 0 Å². The fourth-order valence-corrected chi connectivity index (χ4v) is 1.03. The quantitative estimate of drug-likeness (QED) is 0.266. The number of hydrogen-bond donors (Lipinski definition) is 0. The number of hydrazine groups is 1. The van der Waals surface area contributed by atoms with Gasteiger partial charge in [0.2, 0.25) is 11.9 Å². The van der Waals surface area contributed by atoms with Crippen LogP contribution in [0.4, 0.5) is 0 Å². The number of rotatable bonds is 3. The molecule has 0 saturated carbocycles. The molecule has 0 aromatic heterocycles. The molecule has 1 fully saturated rings. The van der Waals surface area contributed by atoms with E-state index >= 15 is 0 Å². The van der Waals surface area contributed by atoms with E-state index in [-0.39, 0.29) is 6.61 Å². The zero-order valence-electron chi connectivity index (χ0n) is 6.64. The molecule has 1 aliphatic heterocycles. The van der Waals surface area contributed by atoms with E-state index in [2.05, 4.69) is 10.1 Å². The minimum absolute atomic E-state index is 0.188. The van der Waals surface area contributed by atoms with Gasteiger partial charge < -0.3 is 10.0 Å². The highest BCUT2D eigenvalue weighted by Gasteiger charge is 2.18. The van der Waals surface area contributed by atoms with Gasteiger partial charge in [-0.15, -0.1) is 5.01 Å². The zero-order chi connectivity index (χ0) is 8.81. The van der Waals surface area contributed by atoms with Crippen molar-refractivity contribution in [3.63, 3.8) is 0 Å². The molecule has 6 heteroatoms. The van der Waals surface area contributed by atoms with E-state index in [0.29, 0.717) is 18.1 Å². The average Bonchev–Trinajstić information content (AvgIpc) is 2.56. The monoisotopic (exact) mass is 170 g/mol. The van der Waals surface area contributed by atoms with E-state index in [1.807, 2.05) is 0 Å². The molecule has 1 saturated heterocycles. The first-order valence-electron chi connectivity index (χ1n) is 3.76. The van der Waals surface area contributed by atoms with Crippen LogP contribution < -0.4 is 0 Å². The van der Waals surface area contributed by atoms with E-state index in [1.165, 1.54) is 5.01 Å². The van der Waals surface area contributed by atoms with Gasteiger partial charge in [-0.2, -0.15) is 5.26 Å². The zero-order valence-corrected chi connectivity index (χ0v) is 6.64. The Balaban J connectivity index is 2.30. The Bertz CT molecular complexity index is 204. The fraction of sp³-hybridized carbons (Fsp3) is 0.833. The summed E-state index contributed by atoms with van der Waals surface area (Å²) in [6.45, 7) is 1.23. The lowest BCUT2D eigenvalue weighted by atomic mass is 10.4. The first-order valence-corrected chi connectivity index (χ1v) is 3.76. The Kier molecular flexibility index (Phi) is 3.14. The molecule has 1 aliphatic rings. The largest absolute Gasteiger partial charge is 0.569 e. The maximum absolute atomic E-state index is 11.0. The molecule has 6 nitrogen and oxygen atoms in total. The third-order valence-corrected chi connectivity index (χ3v) is 1.58. The summed E-state index contributed by atoms with van der Waals surface area (Å²) < 4.78 is 0. The second kappa shape index (κ2) is 4.38. The van der Waals surface area contributed by atoms with Gasteiger partial charge in [0.25, 0.3) is 0 Å². The molecule has 0 spiro atoms. The van der Waals surface area contributed by atoms with Gasteiger partial charge in [0, 0.05) is 0 Å². The van der Waals surface area contributed by atoms with Gasteiger partial charge in [0.15, 0.2) is 0 Å². The van der Waals surface area contributed by atoms with Crippen LogP contribution in [0.3, 0.4) is 0 Å². The normalized spacial score (nSPS) is 17.6. The maximum Gasteiger partial charge on any atom is 0.234 e. The SMILES string of the molecule is N#CCON=[N+]([O-])N1CCCC1. The molecule has 0 radical (unpaired) electrons. The van der Waals surface area contributed by atoms with Gasteiger partial charge >= 0.3 is 0 Å². The van der Waals surface area contributed by atoms with Crippen molar-refractivity contribution in [3.05, 3.63) is 5.21 Å². The molecule has 0 bridgehead atoms. The van der Waals surface area contributed by atoms with Crippen molar-refractivity contribution in [2.45, 2.75) is 12.8 Å². The number of hydrogen-bond acceptors (Lipinski definition) is 4. The second-order valence-electron chi connectivity index (χ2n) is 2.43. The van der Waals surface area contributed by atoms with Gasteiger partial charge in [-0.05, 0) is 12.8 Å². The van der Waals surface area contributed by atoms with Crippen LogP contribution in [0, 0.1) is 16.5 Å². The summed E-state index contributed by atoms with van der Waals surface area (Å²) >= 11 is 0. The Morgan fingerprint density at radius 1 is 1.58 bits per heavy atom. The first kappa shape index (κ1) is 8.59. The van der Waals surface area contributed by atoms with E-state index in [4.69, 9.17) is 5.26 Å². The van der Waals surface area contributed by atoms with Gasteiger partial charge in [0.05, 0.1) is 18.1 Å². The van der Waals surface area contributed by atoms with Crippen molar-refractivity contribution in [2.75, 3.05) is 19.7 Å². The molecular formula is C6H10N4O2. The van der Waals surface area contributed by atoms with Crippen LogP contribution in [0.5, 0.6) is 0 Å². The molecule has 1 rings (SSSR count). The highest BCUT2D eigenvalue weighted by Crippen LogP contribution is 2.06. The molecule has 0 unspecified atom stereocenters. The summed E-state index contributed by atoms with van der Waals surface area (Å²) in [5, 5.41) is 23.7. The molecule has 66 valence electrons. The number of nitrogens with zero attached hydrogens (tertiary/aromatic N) is 4. The minimum atomic E-state index is -0.188. The lowest BCUT2D eigenvalue weighted by molar-refractivity contribution is -0.707. The average molecular weight is 170 g/mol. The van der Waals surface area contributed by atoms with Crippen molar-refractivity contribution in [3.8, 4) is 6.07 Å². The standard InChI is InChI=1S/C6H10N4O2/c7-3-6-12-8-10(11)9-4-1-2-5-9/h1-2,4-6H2. The molecular weight excluding hydrogens is 160 g/mol. The number of nitriles is 1. The summed E-state index contributed by atoms with van der Waals surface area (Å²) in [6.07, 6.45) is 2.01. The van der Waals surface area contributed by atoms with Gasteiger partial charge in [-0.3, -0.25) is 0 Å². The summed E-state index contributed by atoms with van der Waals surface area (Å²) in [4.78, 5) is 4.80. The van der Waals surface area contributed by atoms with E-state index in [9.17, 15) is 5.21 Å². The smallest absolute Gasteiger partial charge is 0.234 e. The lowest BCUT2D eigenvalue weighted by Gasteiger charge is -2.09. The highest BCUT2D eigenvalue weighted by molar-refractivity contribution is 4.64. The summed E-state index contributed by atoms with van der Waals surface area (Å²) in [6, 6.07) is 1.71. The fourth-order valence-electron chi connectivity index (χ4n) is 1.03. The van der Waals surface area contributed by atoms with E-state index in [0.717, 1.165) is 12.8 Å². The lowest BCUT2D eigenvalue weighted by Crippen LogP contribution is -2.27. The Morgan fingerprint density at radius 3 is 2.83 bits per heavy atom. The van der Waals surface area contributed by atoms with Crippen molar-refractivity contribution >= 4 is 0 Å². The van der Waals surface area contributed by atoms with Crippen LogP contribution >= 0.6 is 0 Å². The van der Waals surface area contributed by atoms with Gasteiger partial charge in [0.1, 0.15) is 6.07 Å². The summed E-state index contributed by atoms with van der Waals surface area (Å²) in [5.41, 5.74) is 0. The maximum atomic E-state index is 11.0. The summed E-state index contributed by atoms with van der Waals surface area (Å²) in [7, 11) is 0. The predicted octanol–water partition coefficient (Wildman–Crippen LogP) is 0.415. The molecule has 0 aliphatic carbocycles. The molecule has 12 heavy (non-hydrogen) atoms. The van der Waals surface area contributed by atoms with Crippen LogP contribution in [0.2, 0.25) is 0 Å².